The molecule has 56 heavy (non-hydrogen) atoms. The van der Waals surface area contributed by atoms with Crippen molar-refractivity contribution in [2.45, 2.75) is 69.2 Å². The first-order valence-corrected chi connectivity index (χ1v) is 19.9. The van der Waals surface area contributed by atoms with E-state index in [0.29, 0.717) is 0 Å². The van der Waals surface area contributed by atoms with E-state index in [4.69, 9.17) is 0 Å². The van der Waals surface area contributed by atoms with E-state index in [1.54, 1.807) is 0 Å². The Balaban J connectivity index is 1.46. The van der Waals surface area contributed by atoms with Crippen LogP contribution in [0.2, 0.25) is 0 Å². The van der Waals surface area contributed by atoms with E-state index >= 15 is 0 Å². The van der Waals surface area contributed by atoms with Crippen LogP contribution in [0.25, 0.3) is 0 Å². The SMILES string of the molecule is Cc1cc(C)cc(N(c2cc(C)cc(C)c2)c2cc3c4c(c2)N(c2cc(C)cc(C)c2)c2cc(C)cc(C)c2B4c2ccccc2N3c2cc(C)cc(C)c2)c1. The normalized spacial score (nSPS) is 12.7. The highest BCUT2D eigenvalue weighted by atomic mass is 15.2. The number of fused-ring (bicyclic) bond motifs is 4. The second kappa shape index (κ2) is 13.3. The Morgan fingerprint density at radius 1 is 0.357 bits per heavy atom. The van der Waals surface area contributed by atoms with Crippen LogP contribution >= 0.6 is 0 Å². The van der Waals surface area contributed by atoms with Crippen LogP contribution < -0.4 is 31.1 Å². The monoisotopic (exact) mass is 727 g/mol. The molecule has 0 saturated carbocycles. The fourth-order valence-electron chi connectivity index (χ4n) is 9.89. The highest BCUT2D eigenvalue weighted by molar-refractivity contribution is 7.00. The topological polar surface area (TPSA) is 9.72 Å². The minimum atomic E-state index is 0.0565. The third-order valence-corrected chi connectivity index (χ3v) is 11.5. The molecule has 3 nitrogen and oxygen atoms in total. The number of hydrogen-bond donors (Lipinski definition) is 0. The van der Waals surface area contributed by atoms with Crippen molar-refractivity contribution in [2.75, 3.05) is 14.7 Å². The molecule has 0 aromatic heterocycles. The van der Waals surface area contributed by atoms with Gasteiger partial charge in [-0.3, -0.25) is 0 Å². The van der Waals surface area contributed by atoms with E-state index in [2.05, 4.69) is 205 Å². The molecule has 0 saturated heterocycles. The molecule has 7 aromatic carbocycles. The van der Waals surface area contributed by atoms with Crippen molar-refractivity contribution in [3.8, 4) is 0 Å². The standard InChI is InChI=1S/C52H50BN3/c1-31-15-32(2)21-41(20-31)54(42-22-33(3)16-34(4)23-42)45-29-49-52-50(30-45)56(44-26-37(7)18-38(8)27-44)48-28-39(9)19-40(10)51(48)53(52)46-13-11-12-14-47(46)55(49)43-24-35(5)17-36(6)25-43/h11-30H,1-10H3. The minimum absolute atomic E-state index is 0.0565. The average molecular weight is 728 g/mol. The van der Waals surface area contributed by atoms with Crippen molar-refractivity contribution < 1.29 is 0 Å². The van der Waals surface area contributed by atoms with Crippen LogP contribution in [0.1, 0.15) is 55.6 Å². The van der Waals surface area contributed by atoms with Gasteiger partial charge in [-0.05, 0) is 208 Å². The zero-order chi connectivity index (χ0) is 39.2. The Hall–Kier alpha value is -6.00. The van der Waals surface area contributed by atoms with Crippen LogP contribution in [0.3, 0.4) is 0 Å². The summed E-state index contributed by atoms with van der Waals surface area (Å²) in [5.41, 5.74) is 27.4. The molecule has 7 aromatic rings. The molecule has 0 fully saturated rings. The first-order chi connectivity index (χ1) is 26.8. The molecule has 2 heterocycles. The molecular weight excluding hydrogens is 677 g/mol. The zero-order valence-electron chi connectivity index (χ0n) is 34.5. The first-order valence-electron chi connectivity index (χ1n) is 19.9. The van der Waals surface area contributed by atoms with E-state index in [9.17, 15) is 0 Å². The lowest BCUT2D eigenvalue weighted by atomic mass is 9.32. The number of hydrogen-bond acceptors (Lipinski definition) is 3. The summed E-state index contributed by atoms with van der Waals surface area (Å²) >= 11 is 0. The predicted octanol–water partition coefficient (Wildman–Crippen LogP) is 12.3. The molecule has 4 heteroatoms. The Bertz CT molecular complexity index is 2610. The molecule has 0 amide bonds. The van der Waals surface area contributed by atoms with Crippen molar-refractivity contribution in [3.05, 3.63) is 177 Å². The number of aryl methyl sites for hydroxylation is 10. The molecule has 276 valence electrons. The molecular formula is C52H50BN3. The second-order valence-corrected chi connectivity index (χ2v) is 16.8. The largest absolute Gasteiger partial charge is 0.311 e. The summed E-state index contributed by atoms with van der Waals surface area (Å²) in [4.78, 5) is 7.61. The van der Waals surface area contributed by atoms with Gasteiger partial charge in [-0.15, -0.1) is 0 Å². The van der Waals surface area contributed by atoms with Crippen molar-refractivity contribution in [3.63, 3.8) is 0 Å². The fraction of sp³-hybridized carbons (Fsp3) is 0.192. The fourth-order valence-corrected chi connectivity index (χ4v) is 9.89. The maximum absolute atomic E-state index is 2.57. The minimum Gasteiger partial charge on any atom is -0.311 e. The Morgan fingerprint density at radius 2 is 0.732 bits per heavy atom. The van der Waals surface area contributed by atoms with E-state index in [-0.39, 0.29) is 6.71 Å². The third kappa shape index (κ3) is 6.00. The quantitative estimate of drug-likeness (QED) is 0.163. The lowest BCUT2D eigenvalue weighted by Crippen LogP contribution is -2.62. The molecule has 0 bridgehead atoms. The van der Waals surface area contributed by atoms with Crippen LogP contribution in [0.4, 0.5) is 51.2 Å². The van der Waals surface area contributed by atoms with Gasteiger partial charge in [-0.2, -0.15) is 0 Å². The molecule has 0 atom stereocenters. The summed E-state index contributed by atoms with van der Waals surface area (Å²) in [6.07, 6.45) is 0. The molecule has 0 aliphatic carbocycles. The molecule has 2 aliphatic heterocycles. The van der Waals surface area contributed by atoms with E-state index in [1.807, 2.05) is 0 Å². The second-order valence-electron chi connectivity index (χ2n) is 16.8. The summed E-state index contributed by atoms with van der Waals surface area (Å²) < 4.78 is 0. The van der Waals surface area contributed by atoms with Gasteiger partial charge in [0.25, 0.3) is 6.71 Å². The number of rotatable bonds is 5. The maximum atomic E-state index is 2.57. The lowest BCUT2D eigenvalue weighted by Gasteiger charge is -2.45. The Kier molecular flexibility index (Phi) is 8.50. The zero-order valence-corrected chi connectivity index (χ0v) is 34.5. The summed E-state index contributed by atoms with van der Waals surface area (Å²) in [7, 11) is 0. The molecule has 0 spiro atoms. The summed E-state index contributed by atoms with van der Waals surface area (Å²) in [6, 6.07) is 46.7. The highest BCUT2D eigenvalue weighted by Crippen LogP contribution is 2.49. The average Bonchev–Trinajstić information content (AvgIpc) is 3.09. The van der Waals surface area contributed by atoms with Crippen molar-refractivity contribution in [1.29, 1.82) is 0 Å². The van der Waals surface area contributed by atoms with E-state index in [1.165, 1.54) is 106 Å². The van der Waals surface area contributed by atoms with Gasteiger partial charge in [0.15, 0.2) is 0 Å². The predicted molar refractivity (Wildman–Crippen MR) is 243 cm³/mol. The molecule has 0 radical (unpaired) electrons. The summed E-state index contributed by atoms with van der Waals surface area (Å²) in [6.45, 7) is 22.3. The molecule has 9 rings (SSSR count). The number of benzene rings is 7. The van der Waals surface area contributed by atoms with Gasteiger partial charge in [0.2, 0.25) is 0 Å². The van der Waals surface area contributed by atoms with E-state index in [0.717, 1.165) is 17.1 Å². The van der Waals surface area contributed by atoms with Gasteiger partial charge in [0.05, 0.1) is 5.69 Å². The van der Waals surface area contributed by atoms with E-state index < -0.39 is 0 Å². The lowest BCUT2D eigenvalue weighted by molar-refractivity contribution is 1.20. The summed E-state index contributed by atoms with van der Waals surface area (Å²) in [5, 5.41) is 0. The van der Waals surface area contributed by atoms with Crippen LogP contribution in [0, 0.1) is 69.2 Å². The number of para-hydroxylation sites is 1. The number of nitrogens with zero attached hydrogens (tertiary/aromatic N) is 3. The van der Waals surface area contributed by atoms with Crippen LogP contribution in [0.15, 0.2) is 121 Å². The van der Waals surface area contributed by atoms with Crippen molar-refractivity contribution in [2.24, 2.45) is 0 Å². The molecule has 0 N–H and O–H groups in total. The van der Waals surface area contributed by atoms with Gasteiger partial charge in [-0.25, -0.2) is 0 Å². The summed E-state index contributed by atoms with van der Waals surface area (Å²) in [5.74, 6) is 0. The smallest absolute Gasteiger partial charge is 0.252 e. The maximum Gasteiger partial charge on any atom is 0.252 e. The van der Waals surface area contributed by atoms with Gasteiger partial charge < -0.3 is 14.7 Å². The van der Waals surface area contributed by atoms with Crippen molar-refractivity contribution in [1.82, 2.24) is 0 Å². The molecule has 0 unspecified atom stereocenters. The first kappa shape index (κ1) is 35.7. The highest BCUT2D eigenvalue weighted by Gasteiger charge is 2.44. The van der Waals surface area contributed by atoms with Gasteiger partial charge in [0.1, 0.15) is 0 Å². The van der Waals surface area contributed by atoms with Crippen molar-refractivity contribution >= 4 is 74.3 Å². The van der Waals surface area contributed by atoms with Gasteiger partial charge in [-0.1, -0.05) is 54.1 Å². The third-order valence-electron chi connectivity index (χ3n) is 11.5. The van der Waals surface area contributed by atoms with Crippen LogP contribution in [-0.2, 0) is 0 Å². The van der Waals surface area contributed by atoms with Gasteiger partial charge in [0, 0.05) is 45.5 Å². The Labute approximate surface area is 334 Å². The van der Waals surface area contributed by atoms with Crippen LogP contribution in [-0.4, -0.2) is 6.71 Å². The Morgan fingerprint density at radius 3 is 1.21 bits per heavy atom. The molecule has 2 aliphatic rings. The number of anilines is 9. The van der Waals surface area contributed by atoms with Crippen LogP contribution in [0.5, 0.6) is 0 Å². The van der Waals surface area contributed by atoms with Gasteiger partial charge >= 0.3 is 0 Å².